The van der Waals surface area contributed by atoms with Crippen LogP contribution in [-0.4, -0.2) is 37.0 Å². The molecule has 0 spiro atoms. The standard InChI is InChI=1S/C12H15N7O/c1-3-4-19-7-8(5-15-19)20-11-9-6-14-18-10(9)16-12(13-2)17-11/h5-7H,3-4H2,1-2H3,(H2,13,14,16,17,18). The molecule has 0 aliphatic rings. The Morgan fingerprint density at radius 3 is 3.05 bits per heavy atom. The van der Waals surface area contributed by atoms with Gasteiger partial charge in [0.2, 0.25) is 11.8 Å². The number of fused-ring (bicyclic) bond motifs is 1. The van der Waals surface area contributed by atoms with E-state index in [1.165, 1.54) is 0 Å². The third kappa shape index (κ3) is 2.27. The molecule has 0 unspecified atom stereocenters. The first-order valence-electron chi connectivity index (χ1n) is 6.39. The van der Waals surface area contributed by atoms with Crippen molar-refractivity contribution in [3.63, 3.8) is 0 Å². The quantitative estimate of drug-likeness (QED) is 0.736. The molecule has 8 nitrogen and oxygen atoms in total. The first-order chi connectivity index (χ1) is 9.80. The summed E-state index contributed by atoms with van der Waals surface area (Å²) in [4.78, 5) is 8.55. The average Bonchev–Trinajstić information content (AvgIpc) is 3.08. The van der Waals surface area contributed by atoms with Gasteiger partial charge in [-0.1, -0.05) is 6.92 Å². The normalized spacial score (nSPS) is 10.9. The summed E-state index contributed by atoms with van der Waals surface area (Å²) >= 11 is 0. The smallest absolute Gasteiger partial charge is 0.235 e. The van der Waals surface area contributed by atoms with Crippen molar-refractivity contribution in [2.75, 3.05) is 12.4 Å². The van der Waals surface area contributed by atoms with E-state index >= 15 is 0 Å². The Balaban J connectivity index is 1.94. The Hall–Kier alpha value is -2.64. The molecule has 0 bridgehead atoms. The van der Waals surface area contributed by atoms with Crippen molar-refractivity contribution in [2.24, 2.45) is 0 Å². The van der Waals surface area contributed by atoms with Gasteiger partial charge in [0.05, 0.1) is 18.6 Å². The minimum atomic E-state index is 0.448. The van der Waals surface area contributed by atoms with E-state index in [4.69, 9.17) is 4.74 Å². The van der Waals surface area contributed by atoms with Gasteiger partial charge in [0.25, 0.3) is 0 Å². The Kier molecular flexibility index (Phi) is 3.20. The molecule has 0 amide bonds. The maximum atomic E-state index is 5.79. The van der Waals surface area contributed by atoms with Crippen molar-refractivity contribution in [3.05, 3.63) is 18.6 Å². The van der Waals surface area contributed by atoms with Gasteiger partial charge in [0, 0.05) is 13.6 Å². The van der Waals surface area contributed by atoms with E-state index < -0.39 is 0 Å². The topological polar surface area (TPSA) is 93.5 Å². The van der Waals surface area contributed by atoms with Crippen molar-refractivity contribution >= 4 is 17.0 Å². The first kappa shape index (κ1) is 12.4. The molecular weight excluding hydrogens is 258 g/mol. The monoisotopic (exact) mass is 273 g/mol. The van der Waals surface area contributed by atoms with Crippen LogP contribution in [-0.2, 0) is 6.54 Å². The predicted octanol–water partition coefficient (Wildman–Crippen LogP) is 1.79. The Morgan fingerprint density at radius 2 is 2.25 bits per heavy atom. The summed E-state index contributed by atoms with van der Waals surface area (Å²) in [5, 5.41) is 14.6. The summed E-state index contributed by atoms with van der Waals surface area (Å²) < 4.78 is 7.62. The van der Waals surface area contributed by atoms with Crippen LogP contribution in [0.25, 0.3) is 11.0 Å². The zero-order valence-electron chi connectivity index (χ0n) is 11.3. The van der Waals surface area contributed by atoms with Gasteiger partial charge in [0.1, 0.15) is 5.39 Å². The van der Waals surface area contributed by atoms with Crippen molar-refractivity contribution in [2.45, 2.75) is 19.9 Å². The van der Waals surface area contributed by atoms with Crippen molar-refractivity contribution < 1.29 is 4.74 Å². The fourth-order valence-corrected chi connectivity index (χ4v) is 1.86. The largest absolute Gasteiger partial charge is 0.435 e. The number of nitrogens with one attached hydrogen (secondary N) is 2. The van der Waals surface area contributed by atoms with Gasteiger partial charge in [-0.3, -0.25) is 9.78 Å². The van der Waals surface area contributed by atoms with Gasteiger partial charge >= 0.3 is 0 Å². The molecule has 0 fully saturated rings. The SMILES string of the molecule is CCCn1cc(Oc2nc(NC)nc3[nH]ncc23)cn1. The van der Waals surface area contributed by atoms with E-state index in [0.29, 0.717) is 23.2 Å². The molecule has 0 radical (unpaired) electrons. The number of anilines is 1. The maximum Gasteiger partial charge on any atom is 0.235 e. The highest BCUT2D eigenvalue weighted by Crippen LogP contribution is 2.26. The number of hydrogen-bond acceptors (Lipinski definition) is 6. The highest BCUT2D eigenvalue weighted by Gasteiger charge is 2.12. The summed E-state index contributed by atoms with van der Waals surface area (Å²) in [6.07, 6.45) is 6.17. The molecule has 104 valence electrons. The molecule has 20 heavy (non-hydrogen) atoms. The summed E-state index contributed by atoms with van der Waals surface area (Å²) in [6, 6.07) is 0. The van der Waals surface area contributed by atoms with Gasteiger partial charge < -0.3 is 10.1 Å². The molecule has 0 aliphatic heterocycles. The number of H-pyrrole nitrogens is 1. The first-order valence-corrected chi connectivity index (χ1v) is 6.39. The van der Waals surface area contributed by atoms with Gasteiger partial charge in [0.15, 0.2) is 11.4 Å². The molecule has 0 aliphatic carbocycles. The van der Waals surface area contributed by atoms with Crippen LogP contribution in [0.3, 0.4) is 0 Å². The second kappa shape index (κ2) is 5.16. The lowest BCUT2D eigenvalue weighted by Crippen LogP contribution is -1.99. The number of aryl methyl sites for hydroxylation is 1. The molecule has 3 rings (SSSR count). The van der Waals surface area contributed by atoms with E-state index in [9.17, 15) is 0 Å². The molecule has 0 saturated heterocycles. The lowest BCUT2D eigenvalue weighted by molar-refractivity contribution is 0.467. The maximum absolute atomic E-state index is 5.79. The summed E-state index contributed by atoms with van der Waals surface area (Å²) in [7, 11) is 1.75. The number of hydrogen-bond donors (Lipinski definition) is 2. The lowest BCUT2D eigenvalue weighted by Gasteiger charge is -2.05. The van der Waals surface area contributed by atoms with Crippen LogP contribution in [0.1, 0.15) is 13.3 Å². The lowest BCUT2D eigenvalue weighted by atomic mass is 10.4. The van der Waals surface area contributed by atoms with Crippen molar-refractivity contribution in [1.29, 1.82) is 0 Å². The molecule has 2 N–H and O–H groups in total. The Morgan fingerprint density at radius 1 is 1.35 bits per heavy atom. The zero-order valence-corrected chi connectivity index (χ0v) is 11.3. The van der Waals surface area contributed by atoms with Crippen LogP contribution in [0.2, 0.25) is 0 Å². The van der Waals surface area contributed by atoms with E-state index in [2.05, 4.69) is 37.5 Å². The molecule has 3 heterocycles. The highest BCUT2D eigenvalue weighted by molar-refractivity contribution is 5.80. The third-order valence-electron chi connectivity index (χ3n) is 2.78. The molecule has 3 aromatic heterocycles. The summed E-state index contributed by atoms with van der Waals surface area (Å²) in [6.45, 7) is 2.96. The number of rotatable bonds is 5. The highest BCUT2D eigenvalue weighted by atomic mass is 16.5. The fraction of sp³-hybridized carbons (Fsp3) is 0.333. The third-order valence-corrected chi connectivity index (χ3v) is 2.78. The molecule has 8 heteroatoms. The van der Waals surface area contributed by atoms with Crippen LogP contribution in [0, 0.1) is 0 Å². The molecule has 3 aromatic rings. The van der Waals surface area contributed by atoms with Gasteiger partial charge in [-0.15, -0.1) is 0 Å². The van der Waals surface area contributed by atoms with E-state index in [-0.39, 0.29) is 0 Å². The Labute approximate surface area is 115 Å². The fourth-order valence-electron chi connectivity index (χ4n) is 1.86. The minimum Gasteiger partial charge on any atom is -0.435 e. The molecular formula is C12H15N7O. The van der Waals surface area contributed by atoms with E-state index in [0.717, 1.165) is 18.4 Å². The van der Waals surface area contributed by atoms with Gasteiger partial charge in [-0.05, 0) is 6.42 Å². The van der Waals surface area contributed by atoms with Crippen LogP contribution in [0.5, 0.6) is 11.6 Å². The van der Waals surface area contributed by atoms with Crippen molar-refractivity contribution in [1.82, 2.24) is 29.9 Å². The van der Waals surface area contributed by atoms with Crippen LogP contribution < -0.4 is 10.1 Å². The summed E-state index contributed by atoms with van der Waals surface area (Å²) in [5.74, 6) is 1.56. The second-order valence-electron chi connectivity index (χ2n) is 4.28. The van der Waals surface area contributed by atoms with Crippen LogP contribution in [0.4, 0.5) is 5.95 Å². The Bertz CT molecular complexity index is 717. The predicted molar refractivity (Wildman–Crippen MR) is 73.8 cm³/mol. The summed E-state index contributed by atoms with van der Waals surface area (Å²) in [5.41, 5.74) is 0.625. The molecule has 0 saturated carbocycles. The van der Waals surface area contributed by atoms with Crippen molar-refractivity contribution in [3.8, 4) is 11.6 Å². The molecule has 0 atom stereocenters. The number of aromatic amines is 1. The van der Waals surface area contributed by atoms with Gasteiger partial charge in [-0.25, -0.2) is 0 Å². The van der Waals surface area contributed by atoms with Crippen LogP contribution >= 0.6 is 0 Å². The van der Waals surface area contributed by atoms with E-state index in [1.807, 2.05) is 10.9 Å². The minimum absolute atomic E-state index is 0.448. The average molecular weight is 273 g/mol. The second-order valence-corrected chi connectivity index (χ2v) is 4.28. The number of ether oxygens (including phenoxy) is 1. The van der Waals surface area contributed by atoms with Crippen LogP contribution in [0.15, 0.2) is 18.6 Å². The number of nitrogens with zero attached hydrogens (tertiary/aromatic N) is 5. The zero-order chi connectivity index (χ0) is 13.9. The molecule has 0 aromatic carbocycles. The number of aromatic nitrogens is 6. The van der Waals surface area contributed by atoms with Gasteiger partial charge in [-0.2, -0.15) is 20.2 Å². The van der Waals surface area contributed by atoms with E-state index in [1.54, 1.807) is 19.4 Å².